The van der Waals surface area contributed by atoms with Gasteiger partial charge in [0.05, 0.1) is 0 Å². The summed E-state index contributed by atoms with van der Waals surface area (Å²) in [6, 6.07) is 0. The SMILES string of the molecule is O=P(O)(O)O.[N]. The van der Waals surface area contributed by atoms with E-state index in [0.717, 1.165) is 0 Å². The zero-order valence-electron chi connectivity index (χ0n) is 2.64. The van der Waals surface area contributed by atoms with Crippen molar-refractivity contribution < 1.29 is 19.2 Å². The highest BCUT2D eigenvalue weighted by Gasteiger charge is 2.00. The van der Waals surface area contributed by atoms with Crippen molar-refractivity contribution in [3.8, 4) is 0 Å². The lowest BCUT2D eigenvalue weighted by Gasteiger charge is -1.82. The Bertz CT molecular complexity index is 53.7. The Morgan fingerprint density at radius 2 is 1.17 bits per heavy atom. The van der Waals surface area contributed by atoms with Crippen LogP contribution >= 0.6 is 7.82 Å². The van der Waals surface area contributed by atoms with Gasteiger partial charge in [0.25, 0.3) is 0 Å². The minimum absolute atomic E-state index is 0. The van der Waals surface area contributed by atoms with Gasteiger partial charge in [0.1, 0.15) is 0 Å². The second-order valence-electron chi connectivity index (χ2n) is 0.513. The molecule has 0 bridgehead atoms. The van der Waals surface area contributed by atoms with Crippen LogP contribution in [0, 0.1) is 0 Å². The largest absolute Gasteiger partial charge is 0.466 e. The van der Waals surface area contributed by atoms with Crippen LogP contribution in [0.3, 0.4) is 0 Å². The molecule has 0 aliphatic rings. The average molecular weight is 112 g/mol. The van der Waals surface area contributed by atoms with Gasteiger partial charge >= 0.3 is 7.82 Å². The Labute approximate surface area is 34.4 Å². The van der Waals surface area contributed by atoms with E-state index in [1.54, 1.807) is 0 Å². The van der Waals surface area contributed by atoms with Crippen molar-refractivity contribution in [2.45, 2.75) is 0 Å². The summed E-state index contributed by atoms with van der Waals surface area (Å²) in [6.07, 6.45) is 0. The number of hydrogen-bond acceptors (Lipinski definition) is 1. The van der Waals surface area contributed by atoms with Crippen molar-refractivity contribution in [1.82, 2.24) is 6.15 Å². The monoisotopic (exact) mass is 112 g/mol. The Morgan fingerprint density at radius 1 is 1.17 bits per heavy atom. The topological polar surface area (TPSA) is 108 Å². The van der Waals surface area contributed by atoms with Crippen LogP contribution in [-0.4, -0.2) is 14.7 Å². The Balaban J connectivity index is 0. The Morgan fingerprint density at radius 3 is 1.17 bits per heavy atom. The van der Waals surface area contributed by atoms with Crippen LogP contribution in [0.2, 0.25) is 0 Å². The first-order chi connectivity index (χ1) is 2.00. The maximum Gasteiger partial charge on any atom is 0.466 e. The summed E-state index contributed by atoms with van der Waals surface area (Å²) < 4.78 is 8.88. The first kappa shape index (κ1) is 9.42. The van der Waals surface area contributed by atoms with E-state index in [1.807, 2.05) is 0 Å². The minimum atomic E-state index is -4.64. The van der Waals surface area contributed by atoms with Gasteiger partial charge in [0, 0.05) is 6.15 Å². The molecular weight excluding hydrogens is 109 g/mol. The van der Waals surface area contributed by atoms with Gasteiger partial charge in [-0.3, -0.25) is 0 Å². The van der Waals surface area contributed by atoms with Crippen molar-refractivity contribution in [3.63, 3.8) is 0 Å². The van der Waals surface area contributed by atoms with Crippen LogP contribution in [0.5, 0.6) is 0 Å². The minimum Gasteiger partial charge on any atom is -0.303 e. The molecule has 3 N–H and O–H groups in total. The van der Waals surface area contributed by atoms with Crippen LogP contribution in [0.4, 0.5) is 0 Å². The molecule has 0 heterocycles. The number of phosphoric acid groups is 1. The van der Waals surface area contributed by atoms with Crippen LogP contribution < -0.4 is 6.15 Å². The predicted molar refractivity (Wildman–Crippen MR) is 16.4 cm³/mol. The van der Waals surface area contributed by atoms with Crippen molar-refractivity contribution in [3.05, 3.63) is 0 Å². The lowest BCUT2D eigenvalue weighted by atomic mass is 14.0. The highest BCUT2D eigenvalue weighted by Crippen LogP contribution is 2.25. The molecule has 37 valence electrons. The second-order valence-corrected chi connectivity index (χ2v) is 1.54. The van der Waals surface area contributed by atoms with E-state index in [4.69, 9.17) is 19.2 Å². The van der Waals surface area contributed by atoms with Gasteiger partial charge in [-0.25, -0.2) is 4.57 Å². The molecule has 3 radical (unpaired) electrons. The van der Waals surface area contributed by atoms with Gasteiger partial charge in [-0.2, -0.15) is 0 Å². The molecule has 0 aromatic carbocycles. The lowest BCUT2D eigenvalue weighted by molar-refractivity contribution is 0.275. The summed E-state index contributed by atoms with van der Waals surface area (Å²) in [7, 11) is -4.64. The summed E-state index contributed by atoms with van der Waals surface area (Å²) in [6.45, 7) is 0. The highest BCUT2D eigenvalue weighted by atomic mass is 31.2. The third kappa shape index (κ3) is 7830. The second kappa shape index (κ2) is 2.28. The molecule has 0 fully saturated rings. The van der Waals surface area contributed by atoms with Gasteiger partial charge < -0.3 is 14.7 Å². The number of hydrogen-bond donors (Lipinski definition) is 3. The fraction of sp³-hybridized carbons (Fsp3) is 0. The molecule has 0 amide bonds. The van der Waals surface area contributed by atoms with Gasteiger partial charge in [-0.05, 0) is 0 Å². The zero-order chi connectivity index (χ0) is 4.50. The van der Waals surface area contributed by atoms with E-state index in [0.29, 0.717) is 0 Å². The van der Waals surface area contributed by atoms with Crippen molar-refractivity contribution >= 4 is 7.82 Å². The van der Waals surface area contributed by atoms with Crippen LogP contribution in [0.15, 0.2) is 0 Å². The van der Waals surface area contributed by atoms with E-state index in [2.05, 4.69) is 0 Å². The van der Waals surface area contributed by atoms with Crippen molar-refractivity contribution in [1.29, 1.82) is 0 Å². The molecule has 0 unspecified atom stereocenters. The Kier molecular flexibility index (Phi) is 3.58. The summed E-state index contributed by atoms with van der Waals surface area (Å²) in [5.74, 6) is 0. The quantitative estimate of drug-likeness (QED) is 0.334. The van der Waals surface area contributed by atoms with Gasteiger partial charge in [0.2, 0.25) is 0 Å². The van der Waals surface area contributed by atoms with Crippen LogP contribution in [-0.2, 0) is 4.57 Å². The maximum atomic E-state index is 8.88. The van der Waals surface area contributed by atoms with Crippen LogP contribution in [0.1, 0.15) is 0 Å². The first-order valence-corrected chi connectivity index (χ1v) is 2.35. The lowest BCUT2D eigenvalue weighted by Crippen LogP contribution is -1.66. The smallest absolute Gasteiger partial charge is 0.303 e. The molecule has 0 aromatic rings. The first-order valence-electron chi connectivity index (χ1n) is 0.783. The fourth-order valence-electron chi connectivity index (χ4n) is 0. The molecule has 6 heavy (non-hydrogen) atoms. The molecule has 0 saturated heterocycles. The van der Waals surface area contributed by atoms with E-state index in [9.17, 15) is 0 Å². The summed E-state index contributed by atoms with van der Waals surface area (Å²) in [5.41, 5.74) is 0. The van der Waals surface area contributed by atoms with Gasteiger partial charge in [0.15, 0.2) is 0 Å². The standard InChI is InChI=1S/N.H3O4P/c;1-5(2,3)4/h;(H3,1,2,3,4). The molecule has 0 spiro atoms. The van der Waals surface area contributed by atoms with Crippen LogP contribution in [0.25, 0.3) is 0 Å². The molecule has 0 atom stereocenters. The normalized spacial score (nSPS) is 9.83. The summed E-state index contributed by atoms with van der Waals surface area (Å²) >= 11 is 0. The molecule has 0 rings (SSSR count). The summed E-state index contributed by atoms with van der Waals surface area (Å²) in [4.78, 5) is 21.6. The zero-order valence-corrected chi connectivity index (χ0v) is 3.54. The molecule has 0 aliphatic heterocycles. The molecule has 6 heteroatoms. The number of nitrogens with zero attached hydrogens (tertiary/aromatic N) is 1. The number of rotatable bonds is 0. The van der Waals surface area contributed by atoms with E-state index in [1.165, 1.54) is 0 Å². The van der Waals surface area contributed by atoms with Crippen molar-refractivity contribution in [2.75, 3.05) is 0 Å². The average Bonchev–Trinajstić information content (AvgIpc) is 0.722. The summed E-state index contributed by atoms with van der Waals surface area (Å²) in [5, 5.41) is 0. The predicted octanol–water partition coefficient (Wildman–Crippen LogP) is -1.41. The molecule has 0 aliphatic carbocycles. The molecular formula is H3NO4P. The Hall–Kier alpha value is 0.0700. The van der Waals surface area contributed by atoms with E-state index >= 15 is 0 Å². The molecule has 0 saturated carbocycles. The maximum absolute atomic E-state index is 8.88. The third-order valence-electron chi connectivity index (χ3n) is 0. The van der Waals surface area contributed by atoms with Crippen molar-refractivity contribution in [2.24, 2.45) is 0 Å². The fourth-order valence-corrected chi connectivity index (χ4v) is 0. The van der Waals surface area contributed by atoms with E-state index < -0.39 is 7.82 Å². The molecule has 5 nitrogen and oxygen atoms in total. The van der Waals surface area contributed by atoms with Gasteiger partial charge in [-0.15, -0.1) is 0 Å². The van der Waals surface area contributed by atoms with Gasteiger partial charge in [-0.1, -0.05) is 0 Å². The highest BCUT2D eigenvalue weighted by molar-refractivity contribution is 7.45. The molecule has 0 aromatic heterocycles. The van der Waals surface area contributed by atoms with E-state index in [-0.39, 0.29) is 6.15 Å². The third-order valence-corrected chi connectivity index (χ3v) is 0.